The van der Waals surface area contributed by atoms with E-state index in [2.05, 4.69) is 47.5 Å². The number of likely N-dealkylation sites (tertiary alicyclic amines) is 1. The van der Waals surface area contributed by atoms with Crippen LogP contribution < -0.4 is 5.32 Å². The van der Waals surface area contributed by atoms with Crippen molar-refractivity contribution in [3.63, 3.8) is 0 Å². The van der Waals surface area contributed by atoms with Gasteiger partial charge in [0.25, 0.3) is 0 Å². The molecule has 0 saturated carbocycles. The van der Waals surface area contributed by atoms with Crippen molar-refractivity contribution in [1.82, 2.24) is 10.2 Å². The van der Waals surface area contributed by atoms with Crippen LogP contribution >= 0.6 is 0 Å². The number of hydrogen-bond acceptors (Lipinski definition) is 3. The van der Waals surface area contributed by atoms with Gasteiger partial charge in [-0.1, -0.05) is 30.3 Å². The Labute approximate surface area is 148 Å². The molecule has 0 aromatic heterocycles. The molecule has 3 nitrogen and oxygen atoms in total. The van der Waals surface area contributed by atoms with Gasteiger partial charge in [-0.15, -0.1) is 0 Å². The topological polar surface area (TPSA) is 35.5 Å². The maximum absolute atomic E-state index is 9.79. The molecule has 1 atom stereocenters. The lowest BCUT2D eigenvalue weighted by molar-refractivity contribution is 0.0672. The summed E-state index contributed by atoms with van der Waals surface area (Å²) in [6.07, 6.45) is 6.80. The summed E-state index contributed by atoms with van der Waals surface area (Å²) in [6, 6.07) is 12.0. The fourth-order valence-electron chi connectivity index (χ4n) is 3.58. The third-order valence-corrected chi connectivity index (χ3v) is 5.09. The summed E-state index contributed by atoms with van der Waals surface area (Å²) < 4.78 is 0. The predicted molar refractivity (Wildman–Crippen MR) is 102 cm³/mol. The second-order valence-corrected chi connectivity index (χ2v) is 8.12. The molecule has 1 fully saturated rings. The van der Waals surface area contributed by atoms with Gasteiger partial charge in [-0.05, 0) is 77.9 Å². The number of piperidine rings is 1. The first-order valence-corrected chi connectivity index (χ1v) is 9.67. The van der Waals surface area contributed by atoms with Crippen molar-refractivity contribution < 1.29 is 5.11 Å². The first kappa shape index (κ1) is 19.4. The lowest BCUT2D eigenvalue weighted by atomic mass is 9.98. The van der Waals surface area contributed by atoms with Crippen LogP contribution in [0.15, 0.2) is 30.3 Å². The van der Waals surface area contributed by atoms with E-state index in [0.29, 0.717) is 12.1 Å². The molecule has 1 aliphatic rings. The molecule has 3 heteroatoms. The predicted octanol–water partition coefficient (Wildman–Crippen LogP) is 3.61. The molecular weight excluding hydrogens is 296 g/mol. The molecular formula is C21H36N2O. The van der Waals surface area contributed by atoms with Gasteiger partial charge >= 0.3 is 0 Å². The van der Waals surface area contributed by atoms with Crippen molar-refractivity contribution in [2.75, 3.05) is 19.6 Å². The van der Waals surface area contributed by atoms with E-state index in [1.165, 1.54) is 38.0 Å². The summed E-state index contributed by atoms with van der Waals surface area (Å²) in [5, 5.41) is 13.6. The van der Waals surface area contributed by atoms with Gasteiger partial charge in [0.2, 0.25) is 0 Å². The molecule has 24 heavy (non-hydrogen) atoms. The summed E-state index contributed by atoms with van der Waals surface area (Å²) in [5.41, 5.74) is 0.919. The molecule has 1 aliphatic heterocycles. The maximum atomic E-state index is 9.79. The van der Waals surface area contributed by atoms with Gasteiger partial charge in [-0.2, -0.15) is 0 Å². The zero-order valence-corrected chi connectivity index (χ0v) is 15.8. The highest BCUT2D eigenvalue weighted by Gasteiger charge is 2.20. The number of aliphatic hydroxyl groups is 1. The first-order chi connectivity index (χ1) is 11.4. The summed E-state index contributed by atoms with van der Waals surface area (Å²) in [6.45, 7) is 9.68. The molecule has 0 amide bonds. The van der Waals surface area contributed by atoms with E-state index in [4.69, 9.17) is 0 Å². The molecule has 1 aromatic carbocycles. The third kappa shape index (κ3) is 7.78. The van der Waals surface area contributed by atoms with Crippen LogP contribution in [0.25, 0.3) is 0 Å². The smallest absolute Gasteiger partial charge is 0.0591 e. The van der Waals surface area contributed by atoms with E-state index < -0.39 is 5.60 Å². The molecule has 1 saturated heterocycles. The molecule has 1 heterocycles. The Kier molecular flexibility index (Phi) is 7.73. The summed E-state index contributed by atoms with van der Waals surface area (Å²) >= 11 is 0. The first-order valence-electron chi connectivity index (χ1n) is 9.67. The number of nitrogens with one attached hydrogen (secondary N) is 1. The molecule has 0 spiro atoms. The molecule has 0 radical (unpaired) electrons. The number of benzene rings is 1. The van der Waals surface area contributed by atoms with Gasteiger partial charge in [-0.25, -0.2) is 0 Å². The normalized spacial score (nSPS) is 18.7. The number of rotatable bonds is 9. The van der Waals surface area contributed by atoms with Crippen LogP contribution in [0, 0.1) is 0 Å². The Morgan fingerprint density at radius 3 is 2.50 bits per heavy atom. The van der Waals surface area contributed by atoms with Crippen LogP contribution in [0.5, 0.6) is 0 Å². The van der Waals surface area contributed by atoms with Gasteiger partial charge in [-0.3, -0.25) is 0 Å². The summed E-state index contributed by atoms with van der Waals surface area (Å²) in [4.78, 5) is 2.60. The van der Waals surface area contributed by atoms with Gasteiger partial charge in [0.1, 0.15) is 0 Å². The highest BCUT2D eigenvalue weighted by molar-refractivity contribution is 5.14. The quantitative estimate of drug-likeness (QED) is 0.725. The SMILES string of the molecule is CC(CCCC(C)(C)O)NC1CCN(CCc2ccccc2)CC1. The van der Waals surface area contributed by atoms with Crippen LogP contribution in [0.2, 0.25) is 0 Å². The van der Waals surface area contributed by atoms with Crippen LogP contribution in [-0.4, -0.2) is 47.3 Å². The van der Waals surface area contributed by atoms with E-state index in [-0.39, 0.29) is 0 Å². The van der Waals surface area contributed by atoms with E-state index in [1.54, 1.807) is 0 Å². The van der Waals surface area contributed by atoms with E-state index in [9.17, 15) is 5.11 Å². The van der Waals surface area contributed by atoms with Crippen molar-refractivity contribution >= 4 is 0 Å². The largest absolute Gasteiger partial charge is 0.390 e. The van der Waals surface area contributed by atoms with E-state index in [0.717, 1.165) is 25.7 Å². The second-order valence-electron chi connectivity index (χ2n) is 8.12. The van der Waals surface area contributed by atoms with E-state index >= 15 is 0 Å². The average molecular weight is 333 g/mol. The minimum absolute atomic E-state index is 0.524. The Balaban J connectivity index is 1.58. The summed E-state index contributed by atoms with van der Waals surface area (Å²) in [5.74, 6) is 0. The Morgan fingerprint density at radius 1 is 1.21 bits per heavy atom. The maximum Gasteiger partial charge on any atom is 0.0591 e. The Bertz CT molecular complexity index is 447. The van der Waals surface area contributed by atoms with Crippen molar-refractivity contribution in [3.05, 3.63) is 35.9 Å². The van der Waals surface area contributed by atoms with Crippen LogP contribution in [0.3, 0.4) is 0 Å². The molecule has 1 aromatic rings. The van der Waals surface area contributed by atoms with E-state index in [1.807, 2.05) is 13.8 Å². The highest BCUT2D eigenvalue weighted by Crippen LogP contribution is 2.16. The number of nitrogens with zero attached hydrogens (tertiary/aromatic N) is 1. The minimum atomic E-state index is -0.524. The fourth-order valence-corrected chi connectivity index (χ4v) is 3.58. The van der Waals surface area contributed by atoms with Crippen LogP contribution in [-0.2, 0) is 6.42 Å². The van der Waals surface area contributed by atoms with Gasteiger partial charge in [0.05, 0.1) is 5.60 Å². The van der Waals surface area contributed by atoms with Crippen molar-refractivity contribution in [2.24, 2.45) is 0 Å². The molecule has 2 rings (SSSR count). The average Bonchev–Trinajstić information content (AvgIpc) is 2.54. The zero-order chi connectivity index (χ0) is 17.4. The van der Waals surface area contributed by atoms with Gasteiger partial charge < -0.3 is 15.3 Å². The molecule has 0 aliphatic carbocycles. The van der Waals surface area contributed by atoms with Crippen LogP contribution in [0.4, 0.5) is 0 Å². The monoisotopic (exact) mass is 332 g/mol. The molecule has 0 bridgehead atoms. The second kappa shape index (κ2) is 9.55. The molecule has 2 N–H and O–H groups in total. The fraction of sp³-hybridized carbons (Fsp3) is 0.714. The molecule has 1 unspecified atom stereocenters. The zero-order valence-electron chi connectivity index (χ0n) is 15.8. The third-order valence-electron chi connectivity index (χ3n) is 5.09. The lowest BCUT2D eigenvalue weighted by Crippen LogP contribution is -2.45. The highest BCUT2D eigenvalue weighted by atomic mass is 16.3. The van der Waals surface area contributed by atoms with Crippen molar-refractivity contribution in [3.8, 4) is 0 Å². The van der Waals surface area contributed by atoms with Gasteiger partial charge in [0, 0.05) is 18.6 Å². The summed E-state index contributed by atoms with van der Waals surface area (Å²) in [7, 11) is 0. The Morgan fingerprint density at radius 2 is 1.88 bits per heavy atom. The van der Waals surface area contributed by atoms with Crippen molar-refractivity contribution in [2.45, 2.75) is 77.0 Å². The van der Waals surface area contributed by atoms with Gasteiger partial charge in [0.15, 0.2) is 0 Å². The van der Waals surface area contributed by atoms with Crippen molar-refractivity contribution in [1.29, 1.82) is 0 Å². The number of hydrogen-bond donors (Lipinski definition) is 2. The standard InChI is InChI=1S/C21H36N2O/c1-18(8-7-14-21(2,3)24)22-20-12-16-23(17-13-20)15-11-19-9-5-4-6-10-19/h4-6,9-10,18,20,22,24H,7-8,11-17H2,1-3H3. The minimum Gasteiger partial charge on any atom is -0.390 e. The Hall–Kier alpha value is -0.900. The lowest BCUT2D eigenvalue weighted by Gasteiger charge is -2.34. The molecule has 136 valence electrons. The van der Waals surface area contributed by atoms with Crippen LogP contribution in [0.1, 0.15) is 58.4 Å².